The Morgan fingerprint density at radius 3 is 2.40 bits per heavy atom. The smallest absolute Gasteiger partial charge is 0.255 e. The van der Waals surface area contributed by atoms with Gasteiger partial charge in [0, 0.05) is 16.4 Å². The lowest BCUT2D eigenvalue weighted by Gasteiger charge is -2.59. The molecule has 42 heavy (non-hydrogen) atoms. The van der Waals surface area contributed by atoms with E-state index >= 15 is 0 Å². The molecule has 10 nitrogen and oxygen atoms in total. The van der Waals surface area contributed by atoms with Gasteiger partial charge in [0.15, 0.2) is 11.4 Å². The molecule has 3 aliphatic carbocycles. The number of Topliss-reactive ketones (excluding diaryl/α,β-unsaturated/α-hetero) is 2. The van der Waals surface area contributed by atoms with E-state index < -0.39 is 57.0 Å². The molecule has 0 unspecified atom stereocenters. The van der Waals surface area contributed by atoms with E-state index in [1.165, 1.54) is 17.9 Å². The number of methoxy groups -OCH3 is 1. The van der Waals surface area contributed by atoms with Crippen LogP contribution in [0.15, 0.2) is 53.3 Å². The Balaban J connectivity index is 1.68. The number of carbonyl (C=O) groups is 3. The molecule has 0 aromatic heterocycles. The molecule has 1 fully saturated rings. The number of aromatic hydroxyl groups is 1. The number of rotatable bonds is 6. The van der Waals surface area contributed by atoms with E-state index in [-0.39, 0.29) is 29.7 Å². The minimum Gasteiger partial charge on any atom is -0.508 e. The summed E-state index contributed by atoms with van der Waals surface area (Å²) in [4.78, 5) is 41.6. The van der Waals surface area contributed by atoms with E-state index in [1.807, 2.05) is 24.3 Å². The van der Waals surface area contributed by atoms with Crippen LogP contribution in [0.3, 0.4) is 0 Å². The van der Waals surface area contributed by atoms with E-state index in [0.29, 0.717) is 18.4 Å². The molecule has 1 saturated carbocycles. The average molecular weight is 577 g/mol. The summed E-state index contributed by atoms with van der Waals surface area (Å²) >= 11 is 0. The summed E-state index contributed by atoms with van der Waals surface area (Å²) in [6.45, 7) is 3.30. The first-order valence-corrected chi connectivity index (χ1v) is 13.7. The lowest BCUT2D eigenvalue weighted by Crippen LogP contribution is -2.72. The minimum absolute atomic E-state index is 0.0171. The minimum atomic E-state index is -2.74. The van der Waals surface area contributed by atoms with Crippen molar-refractivity contribution in [3.63, 3.8) is 0 Å². The predicted octanol–water partition coefficient (Wildman–Crippen LogP) is 2.54. The number of primary amides is 1. The number of ketones is 2. The average Bonchev–Trinajstić information content (AvgIpc) is 2.90. The van der Waals surface area contributed by atoms with Crippen LogP contribution in [-0.4, -0.2) is 75.6 Å². The Morgan fingerprint density at radius 2 is 1.79 bits per heavy atom. The highest BCUT2D eigenvalue weighted by atomic mass is 16.5. The van der Waals surface area contributed by atoms with Crippen molar-refractivity contribution in [2.45, 2.75) is 51.2 Å². The Kier molecular flexibility index (Phi) is 6.78. The van der Waals surface area contributed by atoms with Crippen molar-refractivity contribution in [1.29, 1.82) is 0 Å². The van der Waals surface area contributed by atoms with Gasteiger partial charge in [-0.1, -0.05) is 32.0 Å². The summed E-state index contributed by atoms with van der Waals surface area (Å²) < 4.78 is 5.33. The topological polar surface area (TPSA) is 171 Å². The molecule has 0 aliphatic heterocycles. The van der Waals surface area contributed by atoms with E-state index in [0.717, 1.165) is 16.9 Å². The highest BCUT2D eigenvalue weighted by Gasteiger charge is 2.72. The molecule has 0 spiro atoms. The first-order chi connectivity index (χ1) is 19.6. The third-order valence-corrected chi connectivity index (χ3v) is 9.43. The quantitative estimate of drug-likeness (QED) is 0.324. The maximum absolute atomic E-state index is 14.3. The van der Waals surface area contributed by atoms with Gasteiger partial charge in [0.2, 0.25) is 5.78 Å². The number of amides is 1. The van der Waals surface area contributed by atoms with Crippen LogP contribution in [0.2, 0.25) is 0 Å². The zero-order chi connectivity index (χ0) is 30.9. The van der Waals surface area contributed by atoms with Gasteiger partial charge in [-0.25, -0.2) is 0 Å². The number of benzene rings is 2. The van der Waals surface area contributed by atoms with Crippen LogP contribution in [0.25, 0.3) is 5.76 Å². The summed E-state index contributed by atoms with van der Waals surface area (Å²) in [6, 6.07) is 9.73. The third-order valence-electron chi connectivity index (χ3n) is 9.43. The van der Waals surface area contributed by atoms with E-state index in [1.54, 1.807) is 34.2 Å². The number of phenolic OH excluding ortho intramolecular Hbond substituents is 1. The number of phenols is 1. The normalized spacial score (nSPS) is 28.9. The Hall–Kier alpha value is -4.15. The molecule has 0 bridgehead atoms. The number of likely N-dealkylation sites (N-methyl/N-ethyl adjacent to an activating group) is 1. The van der Waals surface area contributed by atoms with E-state index in [9.17, 15) is 34.8 Å². The molecule has 2 aromatic carbocycles. The zero-order valence-electron chi connectivity index (χ0n) is 24.3. The Bertz CT molecular complexity index is 1610. The number of nitrogens with zero attached hydrogens (tertiary/aromatic N) is 1. The van der Waals surface area contributed by atoms with Crippen LogP contribution >= 0.6 is 0 Å². The molecular formula is C32H36N2O8. The summed E-state index contributed by atoms with van der Waals surface area (Å²) in [7, 11) is 4.76. The largest absolute Gasteiger partial charge is 0.508 e. The number of hydrogen-bond donors (Lipinski definition) is 5. The molecule has 3 aliphatic rings. The fourth-order valence-corrected chi connectivity index (χ4v) is 7.73. The highest BCUT2D eigenvalue weighted by molar-refractivity contribution is 6.25. The van der Waals surface area contributed by atoms with E-state index in [4.69, 9.17) is 10.5 Å². The monoisotopic (exact) mass is 576 g/mol. The van der Waals surface area contributed by atoms with Gasteiger partial charge < -0.3 is 30.9 Å². The molecule has 222 valence electrons. The molecule has 5 rings (SSSR count). The summed E-state index contributed by atoms with van der Waals surface area (Å²) in [6.07, 6.45) is 1.40. The number of carbonyl (C=O) groups excluding carboxylic acids is 3. The Labute approximate surface area is 243 Å². The molecule has 1 amide bonds. The first-order valence-electron chi connectivity index (χ1n) is 13.7. The van der Waals surface area contributed by atoms with Gasteiger partial charge in [0.25, 0.3) is 5.91 Å². The van der Waals surface area contributed by atoms with Gasteiger partial charge in [-0.05, 0) is 74.7 Å². The lowest BCUT2D eigenvalue weighted by molar-refractivity contribution is -0.176. The van der Waals surface area contributed by atoms with Gasteiger partial charge in [-0.15, -0.1) is 0 Å². The number of ether oxygens (including phenoxy) is 1. The lowest BCUT2D eigenvalue weighted by atomic mass is 9.46. The number of aliphatic hydroxyl groups excluding tert-OH is 2. The SMILES string of the molecule is COc1cccc(CCc2ccc(O)c3c2C[C@@]2(C)C[C@@]4(C)[C@H](N(C)C)C(=O)C(C(N)=O)=C(O)[C@@]4(O)C(=O)C2=C3O)c1. The second kappa shape index (κ2) is 9.71. The van der Waals surface area contributed by atoms with Crippen molar-refractivity contribution in [3.05, 3.63) is 75.6 Å². The maximum Gasteiger partial charge on any atom is 0.255 e. The van der Waals surface area contributed by atoms with Crippen molar-refractivity contribution >= 4 is 23.2 Å². The fourth-order valence-electron chi connectivity index (χ4n) is 7.73. The number of nitrogens with two attached hydrogens (primary N) is 1. The second-order valence-electron chi connectivity index (χ2n) is 12.4. The van der Waals surface area contributed by atoms with Gasteiger partial charge in [0.1, 0.15) is 28.6 Å². The zero-order valence-corrected chi connectivity index (χ0v) is 24.3. The molecule has 0 heterocycles. The molecule has 2 aromatic rings. The van der Waals surface area contributed by atoms with Gasteiger partial charge in [-0.3, -0.25) is 19.3 Å². The van der Waals surface area contributed by atoms with Gasteiger partial charge in [0.05, 0.1) is 18.7 Å². The standard InChI is InChI=1S/C32H36N2O8/c1-30-14-19-17(10-9-16-7-6-8-18(13-16)42-5)11-12-20(35)21(19)24(36)23(30)28(39)32(41)27(38)22(29(33)40)25(37)26(34(3)4)31(32,2)15-30/h6-8,11-13,26,35-36,38,41H,9-10,14-15H2,1-5H3,(H2,33,40)/t26-,30+,31+,32-/m1/s1. The van der Waals surface area contributed by atoms with Crippen LogP contribution in [0.1, 0.15) is 42.5 Å². The molecule has 0 radical (unpaired) electrons. The molecular weight excluding hydrogens is 540 g/mol. The summed E-state index contributed by atoms with van der Waals surface area (Å²) in [5.41, 5.74) is 1.59. The van der Waals surface area contributed by atoms with Crippen LogP contribution in [0, 0.1) is 10.8 Å². The van der Waals surface area contributed by atoms with Crippen molar-refractivity contribution in [2.24, 2.45) is 16.6 Å². The fraction of sp³-hybridized carbons (Fsp3) is 0.406. The Morgan fingerprint density at radius 1 is 1.10 bits per heavy atom. The predicted molar refractivity (Wildman–Crippen MR) is 154 cm³/mol. The van der Waals surface area contributed by atoms with Crippen LogP contribution in [0.5, 0.6) is 11.5 Å². The van der Waals surface area contributed by atoms with Crippen LogP contribution < -0.4 is 10.5 Å². The van der Waals surface area contributed by atoms with Crippen molar-refractivity contribution < 1.29 is 39.5 Å². The molecule has 6 N–H and O–H groups in total. The summed E-state index contributed by atoms with van der Waals surface area (Å²) in [5.74, 6) is -4.24. The van der Waals surface area contributed by atoms with Gasteiger partial charge >= 0.3 is 0 Å². The van der Waals surface area contributed by atoms with Crippen molar-refractivity contribution in [1.82, 2.24) is 4.90 Å². The number of aryl methyl sites for hydroxylation is 2. The van der Waals surface area contributed by atoms with Crippen molar-refractivity contribution in [2.75, 3.05) is 21.2 Å². The number of hydrogen-bond acceptors (Lipinski definition) is 9. The molecule has 0 saturated heterocycles. The molecule has 4 atom stereocenters. The number of fused-ring (bicyclic) bond motifs is 3. The van der Waals surface area contributed by atoms with Gasteiger partial charge in [-0.2, -0.15) is 0 Å². The van der Waals surface area contributed by atoms with E-state index in [2.05, 4.69) is 0 Å². The van der Waals surface area contributed by atoms with Crippen LogP contribution in [-0.2, 0) is 33.6 Å². The number of aliphatic hydroxyl groups is 3. The van der Waals surface area contributed by atoms with Crippen LogP contribution in [0.4, 0.5) is 0 Å². The third kappa shape index (κ3) is 3.89. The van der Waals surface area contributed by atoms with Crippen molar-refractivity contribution in [3.8, 4) is 11.5 Å². The molecule has 10 heteroatoms. The first kappa shape index (κ1) is 29.3. The maximum atomic E-state index is 14.3. The summed E-state index contributed by atoms with van der Waals surface area (Å²) in [5, 5.41) is 45.8. The highest BCUT2D eigenvalue weighted by Crippen LogP contribution is 2.63. The second-order valence-corrected chi connectivity index (χ2v) is 12.4.